The van der Waals surface area contributed by atoms with E-state index in [1.54, 1.807) is 13.7 Å². The first-order valence-corrected chi connectivity index (χ1v) is 35.4. The summed E-state index contributed by atoms with van der Waals surface area (Å²) in [5, 5.41) is 16.4. The number of hydrogen-bond donors (Lipinski definition) is 15. The molecule has 21 N–H and O–H groups in total. The summed E-state index contributed by atoms with van der Waals surface area (Å²) in [5.41, 5.74) is 34.7. The molecule has 43 nitrogen and oxygen atoms in total. The Hall–Kier alpha value is -12.7. The van der Waals surface area contributed by atoms with Crippen LogP contribution in [0.25, 0.3) is 33.5 Å². The van der Waals surface area contributed by atoms with Gasteiger partial charge in [0.15, 0.2) is 34.4 Å². The van der Waals surface area contributed by atoms with Gasteiger partial charge in [-0.25, -0.2) is 59.2 Å². The van der Waals surface area contributed by atoms with Crippen LogP contribution >= 0.6 is 0 Å². The number of nitrogens with zero attached hydrogens (tertiary/aromatic N) is 15. The van der Waals surface area contributed by atoms with Crippen molar-refractivity contribution in [3.8, 4) is 0 Å². The molecule has 9 aromatic rings. The van der Waals surface area contributed by atoms with Crippen molar-refractivity contribution in [1.29, 1.82) is 0 Å². The lowest BCUT2D eigenvalue weighted by Crippen LogP contribution is -2.60. The quantitative estimate of drug-likeness (QED) is 0.0160. The number of carbonyl (C=O) groups excluding carboxylic acids is 7. The number of nitrogen functional groups attached to an aromatic ring is 3. The summed E-state index contributed by atoms with van der Waals surface area (Å²) < 4.78 is 8.59. The summed E-state index contributed by atoms with van der Waals surface area (Å²) >= 11 is 0. The maximum absolute atomic E-state index is 15.4. The Morgan fingerprint density at radius 1 is 0.367 bits per heavy atom. The molecule has 0 saturated heterocycles. The molecule has 0 bridgehead atoms. The summed E-state index contributed by atoms with van der Waals surface area (Å²) in [7, 11) is 0. The van der Waals surface area contributed by atoms with Crippen LogP contribution in [0.3, 0.4) is 0 Å². The molecule has 0 spiro atoms. The molecule has 0 radical (unpaired) electrons. The lowest BCUT2D eigenvalue weighted by Gasteiger charge is -2.28. The van der Waals surface area contributed by atoms with Crippen molar-refractivity contribution in [2.45, 2.75) is 199 Å². The first-order chi connectivity index (χ1) is 52.2. The first kappa shape index (κ1) is 80.4. The highest BCUT2D eigenvalue weighted by atomic mass is 16.2. The van der Waals surface area contributed by atoms with E-state index in [1.807, 2.05) is 0 Å². The predicted molar refractivity (Wildman–Crippen MR) is 394 cm³/mol. The number of H-pyrrole nitrogens is 3. The molecule has 109 heavy (non-hydrogen) atoms. The molecule has 582 valence electrons. The van der Waals surface area contributed by atoms with E-state index in [4.69, 9.17) is 34.4 Å². The van der Waals surface area contributed by atoms with Crippen LogP contribution in [0.2, 0.25) is 0 Å². The highest BCUT2D eigenvalue weighted by Gasteiger charge is 2.34. The topological polar surface area (TPSA) is 643 Å². The van der Waals surface area contributed by atoms with Gasteiger partial charge < -0.3 is 93.7 Å². The highest BCUT2D eigenvalue weighted by Crippen LogP contribution is 2.20. The van der Waals surface area contributed by atoms with E-state index < -0.39 is 117 Å². The van der Waals surface area contributed by atoms with Gasteiger partial charge in [0.05, 0.1) is 25.0 Å². The van der Waals surface area contributed by atoms with Gasteiger partial charge in [0.25, 0.3) is 16.7 Å². The number of fused-ring (bicyclic) bond motifs is 3. The summed E-state index contributed by atoms with van der Waals surface area (Å²) in [6.07, 6.45) is 12.6. The van der Waals surface area contributed by atoms with Crippen LogP contribution in [0.1, 0.15) is 113 Å². The largest absolute Gasteiger partial charge is 0.382 e. The molecule has 9 rings (SSSR count). The molecule has 0 unspecified atom stereocenters. The molecule has 0 fully saturated rings. The van der Waals surface area contributed by atoms with E-state index in [0.717, 1.165) is 0 Å². The molecule has 7 amide bonds. The number of amides is 7. The van der Waals surface area contributed by atoms with Gasteiger partial charge in [0.2, 0.25) is 41.4 Å². The number of unbranched alkanes of at least 4 members (excludes halogenated alkanes) is 1. The summed E-state index contributed by atoms with van der Waals surface area (Å²) in [5.74, 6) is -5.98. The SMILES string of the molecule is Cc1cn(CCC[C@@H](NC(=O)[C@@H](CCCn2cc(C)c(=O)[nH]c2=O)NC(=O)[C@@H](CCCn2cnc3c(N)ncnc32)NC(=O)[C@@H](CCCn2cc(C)c(=O)[nH]c2=O)NC(=O)[C@@H](CCCn2cnc3c(N)ncnc32)NC(=O)[C@H](N)CCCn2cnc3c(N)ncnc32)C(=O)N[C@H](CCCCN)C(N)=O)c(=O)[nH]c1=O. The molecule has 0 aliphatic rings. The number of aromatic nitrogens is 18. The molecule has 7 atom stereocenters. The van der Waals surface area contributed by atoms with Gasteiger partial charge in [-0.1, -0.05) is 0 Å². The normalized spacial score (nSPS) is 13.4. The van der Waals surface area contributed by atoms with Crippen LogP contribution in [-0.4, -0.2) is 177 Å². The zero-order valence-electron chi connectivity index (χ0n) is 60.3. The Labute approximate surface area is 618 Å². The van der Waals surface area contributed by atoms with Crippen molar-refractivity contribution in [2.75, 3.05) is 23.7 Å². The number of carbonyl (C=O) groups is 7. The van der Waals surface area contributed by atoms with Crippen molar-refractivity contribution in [1.82, 2.24) is 119 Å². The summed E-state index contributed by atoms with van der Waals surface area (Å²) in [6, 6.07) is -10.2. The molecular formula is C66H90N30O13. The second-order valence-corrected chi connectivity index (χ2v) is 26.4. The standard InChI is InChI=1S/C66H90N30O13/c1-35-26-91(64(107)88-55(35)98)20-7-14-41(59(102)82-39(51(72)97)13-4-5-19-67)84-61(104)43(16-9-22-93-28-37(3)57(100)90-66(93)109)86-63(106)44(18-11-25-96-34-81-47-50(71)75-31-78-54(47)96)87-62(105)42(15-8-21-92-27-36(2)56(99)89-65(92)108)85-60(103)40(17-10-24-95-33-80-46-49(70)74-30-77-53(46)95)83-58(101)38(68)12-6-23-94-32-79-45-48(69)73-29-76-52(45)94/h26-34,38-44H,4-25,67-68H2,1-3H3,(H2,72,97)(H,82,102)(H,83,101)(H,84,104)(H,85,103)(H,86,106)(H,87,105)(H2,69,73,76)(H2,70,74,77)(H2,71,75,78)(H,88,98,107)(H,89,99,108)(H,90,100,109)/t38-,39-,40-,41-,42-,43-,44-/m1/s1. The summed E-state index contributed by atoms with van der Waals surface area (Å²) in [6.45, 7) is 4.95. The van der Waals surface area contributed by atoms with Crippen LogP contribution < -0.4 is 100 Å². The lowest BCUT2D eigenvalue weighted by molar-refractivity contribution is -0.135. The lowest BCUT2D eigenvalue weighted by atomic mass is 10.0. The Morgan fingerprint density at radius 3 is 0.927 bits per heavy atom. The summed E-state index contributed by atoms with van der Waals surface area (Å²) in [4.78, 5) is 223. The van der Waals surface area contributed by atoms with Crippen molar-refractivity contribution < 1.29 is 33.6 Å². The van der Waals surface area contributed by atoms with Gasteiger partial charge in [-0.15, -0.1) is 0 Å². The maximum atomic E-state index is 15.4. The molecule has 0 aliphatic heterocycles. The van der Waals surface area contributed by atoms with Crippen molar-refractivity contribution >= 4 is 92.3 Å². The Bertz CT molecular complexity index is 5150. The van der Waals surface area contributed by atoms with E-state index in [9.17, 15) is 43.2 Å². The van der Waals surface area contributed by atoms with Crippen molar-refractivity contribution in [2.24, 2.45) is 17.2 Å². The van der Waals surface area contributed by atoms with Gasteiger partial charge >= 0.3 is 17.1 Å². The van der Waals surface area contributed by atoms with Crippen LogP contribution in [-0.2, 0) is 72.8 Å². The fraction of sp³-hybridized carbons (Fsp3) is 0.485. The number of aromatic amines is 3. The Morgan fingerprint density at radius 2 is 0.633 bits per heavy atom. The maximum Gasteiger partial charge on any atom is 0.328 e. The fourth-order valence-electron chi connectivity index (χ4n) is 12.2. The second-order valence-electron chi connectivity index (χ2n) is 26.4. The second kappa shape index (κ2) is 37.5. The minimum Gasteiger partial charge on any atom is -0.382 e. The minimum atomic E-state index is -1.63. The monoisotopic (exact) mass is 1510 g/mol. The van der Waals surface area contributed by atoms with Gasteiger partial charge in [0.1, 0.15) is 71.8 Å². The van der Waals surface area contributed by atoms with E-state index in [-0.39, 0.29) is 156 Å². The third-order valence-corrected chi connectivity index (χ3v) is 18.3. The van der Waals surface area contributed by atoms with Crippen molar-refractivity contribution in [3.05, 3.63) is 136 Å². The average Bonchev–Trinajstić information content (AvgIpc) is 1.69. The zero-order valence-corrected chi connectivity index (χ0v) is 60.3. The van der Waals surface area contributed by atoms with Crippen LogP contribution in [0.15, 0.2) is 85.3 Å². The van der Waals surface area contributed by atoms with Crippen molar-refractivity contribution in [3.63, 3.8) is 0 Å². The highest BCUT2D eigenvalue weighted by molar-refractivity contribution is 5.97. The van der Waals surface area contributed by atoms with E-state index in [0.29, 0.717) is 53.8 Å². The van der Waals surface area contributed by atoms with Gasteiger partial charge in [0, 0.05) is 74.5 Å². The molecule has 9 heterocycles. The van der Waals surface area contributed by atoms with Crippen LogP contribution in [0.5, 0.6) is 0 Å². The molecule has 0 aromatic carbocycles. The fourth-order valence-corrected chi connectivity index (χ4v) is 12.2. The number of aryl methyl sites for hydroxylation is 9. The number of rotatable bonds is 41. The number of primary amides is 1. The third kappa shape index (κ3) is 21.3. The Balaban J connectivity index is 1.03. The van der Waals surface area contributed by atoms with E-state index >= 15 is 19.2 Å². The average molecular weight is 1510 g/mol. The van der Waals surface area contributed by atoms with E-state index in [1.165, 1.54) is 91.0 Å². The first-order valence-electron chi connectivity index (χ1n) is 35.4. The number of hydrogen-bond acceptors (Lipinski definition) is 27. The third-order valence-electron chi connectivity index (χ3n) is 18.3. The molecule has 0 saturated carbocycles. The zero-order chi connectivity index (χ0) is 78.6. The molecule has 0 aliphatic carbocycles. The number of nitrogens with one attached hydrogen (secondary N) is 9. The van der Waals surface area contributed by atoms with Gasteiger partial charge in [-0.2, -0.15) is 0 Å². The number of imidazole rings is 3. The smallest absolute Gasteiger partial charge is 0.328 e. The predicted octanol–water partition coefficient (Wildman–Crippen LogP) is -4.64. The van der Waals surface area contributed by atoms with Gasteiger partial charge in [-0.05, 0) is 124 Å². The van der Waals surface area contributed by atoms with Crippen LogP contribution in [0.4, 0.5) is 17.5 Å². The minimum absolute atomic E-state index is 0.00398. The molecular weight excluding hydrogens is 1420 g/mol. The van der Waals surface area contributed by atoms with E-state index in [2.05, 4.69) is 91.7 Å². The number of nitrogens with two attached hydrogens (primary N) is 6. The van der Waals surface area contributed by atoms with Crippen LogP contribution in [0, 0.1) is 20.8 Å². The molecule has 9 aromatic heterocycles. The number of anilines is 3. The molecule has 43 heteroatoms. The van der Waals surface area contributed by atoms with Gasteiger partial charge in [-0.3, -0.25) is 62.9 Å². The Kier molecular flexibility index (Phi) is 27.7.